The third-order valence-electron chi connectivity index (χ3n) is 4.86. The monoisotopic (exact) mass is 418 g/mol. The van der Waals surface area contributed by atoms with Gasteiger partial charge in [-0.05, 0) is 74.8 Å². The van der Waals surface area contributed by atoms with E-state index in [-0.39, 0.29) is 30.0 Å². The van der Waals surface area contributed by atoms with E-state index in [0.29, 0.717) is 37.4 Å². The van der Waals surface area contributed by atoms with Crippen molar-refractivity contribution in [3.05, 3.63) is 48.2 Å². The molecule has 1 aromatic heterocycles. The van der Waals surface area contributed by atoms with Gasteiger partial charge in [0.1, 0.15) is 11.6 Å². The van der Waals surface area contributed by atoms with Gasteiger partial charge >= 0.3 is 6.61 Å². The SMILES string of the molecule is Cc1ccnc(NC(=O)C2CCN(CC(=O)Nc3ccc(OC(F)F)cc3)CC2)c1. The number of likely N-dealkylation sites (tertiary alicyclic amines) is 1. The summed E-state index contributed by atoms with van der Waals surface area (Å²) >= 11 is 0. The zero-order valence-electron chi connectivity index (χ0n) is 16.6. The van der Waals surface area contributed by atoms with Crippen LogP contribution in [0.15, 0.2) is 42.6 Å². The summed E-state index contributed by atoms with van der Waals surface area (Å²) < 4.78 is 28.6. The summed E-state index contributed by atoms with van der Waals surface area (Å²) in [6.45, 7) is 0.515. The topological polar surface area (TPSA) is 83.6 Å². The second kappa shape index (κ2) is 10.1. The summed E-state index contributed by atoms with van der Waals surface area (Å²) in [5.74, 6) is 0.206. The lowest BCUT2D eigenvalue weighted by Crippen LogP contribution is -2.41. The highest BCUT2D eigenvalue weighted by atomic mass is 19.3. The number of hydrogen-bond donors (Lipinski definition) is 2. The number of halogens is 2. The lowest BCUT2D eigenvalue weighted by atomic mass is 9.96. The molecule has 0 bridgehead atoms. The lowest BCUT2D eigenvalue weighted by Gasteiger charge is -2.30. The van der Waals surface area contributed by atoms with Gasteiger partial charge in [-0.2, -0.15) is 8.78 Å². The Kier molecular flexibility index (Phi) is 7.29. The molecule has 9 heteroatoms. The van der Waals surface area contributed by atoms with E-state index in [1.54, 1.807) is 6.20 Å². The third-order valence-corrected chi connectivity index (χ3v) is 4.86. The average Bonchev–Trinajstić information content (AvgIpc) is 2.69. The first kappa shape index (κ1) is 21.6. The van der Waals surface area contributed by atoms with Crippen LogP contribution in [0.5, 0.6) is 5.75 Å². The number of alkyl halides is 2. The van der Waals surface area contributed by atoms with E-state index < -0.39 is 6.61 Å². The molecule has 3 rings (SSSR count). The summed E-state index contributed by atoms with van der Waals surface area (Å²) in [7, 11) is 0. The van der Waals surface area contributed by atoms with Gasteiger partial charge < -0.3 is 15.4 Å². The van der Waals surface area contributed by atoms with Gasteiger partial charge in [-0.25, -0.2) is 4.98 Å². The molecule has 1 aromatic carbocycles. The molecule has 0 aliphatic carbocycles. The Morgan fingerprint density at radius 3 is 2.50 bits per heavy atom. The highest BCUT2D eigenvalue weighted by molar-refractivity contribution is 5.93. The van der Waals surface area contributed by atoms with Crippen LogP contribution in [-0.2, 0) is 9.59 Å². The van der Waals surface area contributed by atoms with Crippen LogP contribution in [-0.4, -0.2) is 47.9 Å². The van der Waals surface area contributed by atoms with Gasteiger partial charge in [0.25, 0.3) is 0 Å². The van der Waals surface area contributed by atoms with Gasteiger partial charge in [-0.1, -0.05) is 0 Å². The summed E-state index contributed by atoms with van der Waals surface area (Å²) in [4.78, 5) is 30.8. The molecule has 2 heterocycles. The van der Waals surface area contributed by atoms with Crippen molar-refractivity contribution in [1.29, 1.82) is 0 Å². The molecule has 160 valence electrons. The predicted octanol–water partition coefficient (Wildman–Crippen LogP) is 3.28. The van der Waals surface area contributed by atoms with Crippen molar-refractivity contribution in [3.63, 3.8) is 0 Å². The van der Waals surface area contributed by atoms with Crippen LogP contribution in [0.1, 0.15) is 18.4 Å². The number of benzene rings is 1. The zero-order valence-corrected chi connectivity index (χ0v) is 16.6. The third kappa shape index (κ3) is 6.48. The Morgan fingerprint density at radius 2 is 1.87 bits per heavy atom. The molecule has 0 spiro atoms. The number of carbonyl (C=O) groups excluding carboxylic acids is 2. The van der Waals surface area contributed by atoms with E-state index in [4.69, 9.17) is 0 Å². The summed E-state index contributed by atoms with van der Waals surface area (Å²) in [5, 5.41) is 5.58. The minimum absolute atomic E-state index is 0.0317. The quantitative estimate of drug-likeness (QED) is 0.721. The average molecular weight is 418 g/mol. The highest BCUT2D eigenvalue weighted by Crippen LogP contribution is 2.20. The number of nitrogens with one attached hydrogen (secondary N) is 2. The molecule has 2 aromatic rings. The van der Waals surface area contributed by atoms with E-state index in [9.17, 15) is 18.4 Å². The molecule has 2 amide bonds. The number of ether oxygens (including phenoxy) is 1. The van der Waals surface area contributed by atoms with E-state index in [2.05, 4.69) is 20.4 Å². The fraction of sp³-hybridized carbons (Fsp3) is 0.381. The number of anilines is 2. The molecule has 30 heavy (non-hydrogen) atoms. The molecule has 7 nitrogen and oxygen atoms in total. The molecule has 0 saturated carbocycles. The van der Waals surface area contributed by atoms with Crippen molar-refractivity contribution in [2.75, 3.05) is 30.3 Å². The number of hydrogen-bond acceptors (Lipinski definition) is 5. The Balaban J connectivity index is 1.41. The van der Waals surface area contributed by atoms with Gasteiger partial charge in [0.15, 0.2) is 0 Å². The molecule has 1 aliphatic rings. The van der Waals surface area contributed by atoms with Crippen LogP contribution in [0.25, 0.3) is 0 Å². The first-order chi connectivity index (χ1) is 14.4. The van der Waals surface area contributed by atoms with Gasteiger partial charge in [-0.15, -0.1) is 0 Å². The molecule has 1 aliphatic heterocycles. The van der Waals surface area contributed by atoms with Crippen molar-refractivity contribution < 1.29 is 23.1 Å². The number of aromatic nitrogens is 1. The maximum absolute atomic E-state index is 12.4. The molecular formula is C21H24F2N4O3. The number of nitrogens with zero attached hydrogens (tertiary/aromatic N) is 2. The zero-order chi connectivity index (χ0) is 21.5. The molecule has 0 radical (unpaired) electrons. The fourth-order valence-electron chi connectivity index (χ4n) is 3.31. The van der Waals surface area contributed by atoms with Crippen molar-refractivity contribution in [1.82, 2.24) is 9.88 Å². The second-order valence-electron chi connectivity index (χ2n) is 7.21. The maximum Gasteiger partial charge on any atom is 0.387 e. The van der Waals surface area contributed by atoms with Gasteiger partial charge in [0.2, 0.25) is 11.8 Å². The summed E-state index contributed by atoms with van der Waals surface area (Å²) in [6, 6.07) is 9.44. The fourth-order valence-corrected chi connectivity index (χ4v) is 3.31. The van der Waals surface area contributed by atoms with Crippen molar-refractivity contribution in [2.45, 2.75) is 26.4 Å². The first-order valence-electron chi connectivity index (χ1n) is 9.69. The van der Waals surface area contributed by atoms with Crippen LogP contribution in [0.3, 0.4) is 0 Å². The first-order valence-corrected chi connectivity index (χ1v) is 9.69. The number of amides is 2. The molecular weight excluding hydrogens is 394 g/mol. The van der Waals surface area contributed by atoms with Gasteiger partial charge in [-0.3, -0.25) is 14.5 Å². The van der Waals surface area contributed by atoms with Crippen LogP contribution in [0.4, 0.5) is 20.3 Å². The maximum atomic E-state index is 12.4. The number of carbonyl (C=O) groups is 2. The molecule has 1 saturated heterocycles. The number of pyridine rings is 1. The Bertz CT molecular complexity index is 869. The summed E-state index contributed by atoms with van der Waals surface area (Å²) in [6.07, 6.45) is 2.97. The molecule has 1 fully saturated rings. The van der Waals surface area contributed by atoms with E-state index in [1.807, 2.05) is 24.0 Å². The molecule has 0 atom stereocenters. The van der Waals surface area contributed by atoms with Crippen molar-refractivity contribution >= 4 is 23.3 Å². The second-order valence-corrected chi connectivity index (χ2v) is 7.21. The Morgan fingerprint density at radius 1 is 1.17 bits per heavy atom. The number of aryl methyl sites for hydroxylation is 1. The largest absolute Gasteiger partial charge is 0.435 e. The van der Waals surface area contributed by atoms with Crippen molar-refractivity contribution in [3.8, 4) is 5.75 Å². The normalized spacial score (nSPS) is 15.1. The minimum atomic E-state index is -2.89. The van der Waals surface area contributed by atoms with Crippen LogP contribution >= 0.6 is 0 Å². The van der Waals surface area contributed by atoms with Gasteiger partial charge in [0.05, 0.1) is 6.54 Å². The minimum Gasteiger partial charge on any atom is -0.435 e. The van der Waals surface area contributed by atoms with Crippen molar-refractivity contribution in [2.24, 2.45) is 5.92 Å². The van der Waals surface area contributed by atoms with E-state index in [0.717, 1.165) is 5.56 Å². The molecule has 0 unspecified atom stereocenters. The highest BCUT2D eigenvalue weighted by Gasteiger charge is 2.26. The Hall–Kier alpha value is -3.07. The van der Waals surface area contributed by atoms with Crippen LogP contribution in [0.2, 0.25) is 0 Å². The van der Waals surface area contributed by atoms with E-state index >= 15 is 0 Å². The van der Waals surface area contributed by atoms with Gasteiger partial charge in [0, 0.05) is 17.8 Å². The number of rotatable bonds is 7. The smallest absolute Gasteiger partial charge is 0.387 e. The van der Waals surface area contributed by atoms with Crippen LogP contribution < -0.4 is 15.4 Å². The van der Waals surface area contributed by atoms with E-state index in [1.165, 1.54) is 24.3 Å². The lowest BCUT2D eigenvalue weighted by molar-refractivity contribution is -0.121. The van der Waals surface area contributed by atoms with Crippen LogP contribution in [0, 0.1) is 12.8 Å². The predicted molar refractivity (Wildman–Crippen MR) is 108 cm³/mol. The molecule has 2 N–H and O–H groups in total. The number of piperidine rings is 1. The Labute approximate surface area is 173 Å². The summed E-state index contributed by atoms with van der Waals surface area (Å²) in [5.41, 5.74) is 1.53. The standard InChI is InChI=1S/C21H24F2N4O3/c1-14-6-9-24-18(12-14)26-20(29)15-7-10-27(11-8-15)13-19(28)25-16-2-4-17(5-3-16)30-21(22)23/h2-6,9,12,15,21H,7-8,10-11,13H2,1H3,(H,25,28)(H,24,26,29).